The van der Waals surface area contributed by atoms with Crippen LogP contribution in [0.2, 0.25) is 0 Å². The predicted molar refractivity (Wildman–Crippen MR) is 55.2 cm³/mol. The van der Waals surface area contributed by atoms with Gasteiger partial charge in [-0.2, -0.15) is 5.10 Å². The number of nitrogen functional groups attached to an aromatic ring is 1. The van der Waals surface area contributed by atoms with Crippen LogP contribution in [0.4, 0.5) is 5.82 Å². The van der Waals surface area contributed by atoms with E-state index in [1.165, 1.54) is 11.8 Å². The molecule has 0 saturated heterocycles. The Morgan fingerprint density at radius 1 is 1.85 bits per heavy atom. The van der Waals surface area contributed by atoms with E-state index in [0.29, 0.717) is 11.6 Å². The third kappa shape index (κ3) is 3.80. The number of nitrogens with two attached hydrogens (primary N) is 1. The highest BCUT2D eigenvalue weighted by molar-refractivity contribution is 8.13. The number of carbonyl (C=O) groups is 1. The van der Waals surface area contributed by atoms with E-state index in [-0.39, 0.29) is 5.12 Å². The molecule has 1 rings (SSSR count). The van der Waals surface area contributed by atoms with Crippen LogP contribution in [0.1, 0.15) is 12.6 Å². The van der Waals surface area contributed by atoms with Gasteiger partial charge < -0.3 is 5.73 Å². The first-order valence-electron chi connectivity index (χ1n) is 3.79. The topological polar surface area (TPSA) is 71.8 Å². The highest BCUT2D eigenvalue weighted by Crippen LogP contribution is 2.05. The molecule has 0 atom stereocenters. The normalized spacial score (nSPS) is 10.8. The van der Waals surface area contributed by atoms with Crippen molar-refractivity contribution in [1.82, 2.24) is 10.2 Å². The maximum atomic E-state index is 10.5. The Kier molecular flexibility index (Phi) is 3.57. The van der Waals surface area contributed by atoms with E-state index in [2.05, 4.69) is 10.2 Å². The van der Waals surface area contributed by atoms with Crippen LogP contribution in [0.15, 0.2) is 12.1 Å². The third-order valence-electron chi connectivity index (χ3n) is 1.30. The van der Waals surface area contributed by atoms with E-state index in [0.717, 1.165) is 5.69 Å². The van der Waals surface area contributed by atoms with Crippen LogP contribution in [-0.4, -0.2) is 21.1 Å². The molecule has 13 heavy (non-hydrogen) atoms. The number of carbonyl (C=O) groups excluding carboxylic acids is 1. The summed E-state index contributed by atoms with van der Waals surface area (Å²) in [6.07, 6.45) is 3.73. The lowest BCUT2D eigenvalue weighted by Gasteiger charge is -1.87. The van der Waals surface area contributed by atoms with Crippen molar-refractivity contribution in [2.45, 2.75) is 6.92 Å². The Hall–Kier alpha value is -1.23. The molecule has 0 fully saturated rings. The number of nitrogens with one attached hydrogen (secondary N) is 1. The number of hydrogen-bond acceptors (Lipinski definition) is 4. The summed E-state index contributed by atoms with van der Waals surface area (Å²) in [5.74, 6) is 1.15. The molecule has 0 bridgehead atoms. The number of aromatic amines is 1. The summed E-state index contributed by atoms with van der Waals surface area (Å²) >= 11 is 1.27. The quantitative estimate of drug-likeness (QED) is 0.765. The van der Waals surface area contributed by atoms with Gasteiger partial charge in [-0.3, -0.25) is 9.89 Å². The summed E-state index contributed by atoms with van der Waals surface area (Å²) in [5, 5.41) is 6.62. The van der Waals surface area contributed by atoms with E-state index in [4.69, 9.17) is 5.73 Å². The number of rotatable bonds is 3. The van der Waals surface area contributed by atoms with Crippen molar-refractivity contribution in [2.75, 3.05) is 11.5 Å². The maximum absolute atomic E-state index is 10.5. The van der Waals surface area contributed by atoms with Crippen LogP contribution >= 0.6 is 11.8 Å². The predicted octanol–water partition coefficient (Wildman–Crippen LogP) is 1.28. The number of hydrogen-bond donors (Lipinski definition) is 2. The average Bonchev–Trinajstić information content (AvgIpc) is 2.45. The van der Waals surface area contributed by atoms with Gasteiger partial charge in [0, 0.05) is 18.7 Å². The Balaban J connectivity index is 2.36. The van der Waals surface area contributed by atoms with Crippen molar-refractivity contribution >= 4 is 28.8 Å². The van der Waals surface area contributed by atoms with Crippen molar-refractivity contribution in [3.8, 4) is 0 Å². The Bertz CT molecular complexity index is 319. The van der Waals surface area contributed by atoms with Crippen LogP contribution in [0.5, 0.6) is 0 Å². The zero-order chi connectivity index (χ0) is 9.68. The van der Waals surface area contributed by atoms with Crippen molar-refractivity contribution in [3.63, 3.8) is 0 Å². The number of H-pyrrole nitrogens is 1. The van der Waals surface area contributed by atoms with Gasteiger partial charge in [-0.1, -0.05) is 17.8 Å². The SMILES string of the molecule is CC(=O)SCC=Cc1cc(N)n[nH]1. The molecule has 3 N–H and O–H groups in total. The molecule has 5 heteroatoms. The van der Waals surface area contributed by atoms with Gasteiger partial charge in [0.15, 0.2) is 5.12 Å². The third-order valence-corrected chi connectivity index (χ3v) is 2.06. The van der Waals surface area contributed by atoms with Crippen LogP contribution in [-0.2, 0) is 4.79 Å². The molecule has 1 aromatic rings. The van der Waals surface area contributed by atoms with Gasteiger partial charge in [-0.25, -0.2) is 0 Å². The minimum absolute atomic E-state index is 0.119. The fourth-order valence-corrected chi connectivity index (χ4v) is 1.21. The summed E-state index contributed by atoms with van der Waals surface area (Å²) in [5.41, 5.74) is 6.24. The highest BCUT2D eigenvalue weighted by Gasteiger charge is 1.92. The summed E-state index contributed by atoms with van der Waals surface area (Å²) in [7, 11) is 0. The monoisotopic (exact) mass is 197 g/mol. The lowest BCUT2D eigenvalue weighted by atomic mass is 10.4. The van der Waals surface area contributed by atoms with Crippen LogP contribution in [0.25, 0.3) is 6.08 Å². The van der Waals surface area contributed by atoms with Crippen molar-refractivity contribution < 1.29 is 4.79 Å². The smallest absolute Gasteiger partial charge is 0.186 e. The van der Waals surface area contributed by atoms with Gasteiger partial charge in [0.1, 0.15) is 5.82 Å². The van der Waals surface area contributed by atoms with E-state index >= 15 is 0 Å². The number of thioether (sulfide) groups is 1. The van der Waals surface area contributed by atoms with Crippen molar-refractivity contribution in [3.05, 3.63) is 17.8 Å². The molecule has 0 aliphatic rings. The molecule has 1 heterocycles. The Morgan fingerprint density at radius 3 is 3.15 bits per heavy atom. The average molecular weight is 197 g/mol. The van der Waals surface area contributed by atoms with Gasteiger partial charge in [0.05, 0.1) is 5.69 Å². The number of nitrogens with zero attached hydrogens (tertiary/aromatic N) is 1. The molecule has 0 saturated carbocycles. The molecule has 4 nitrogen and oxygen atoms in total. The van der Waals surface area contributed by atoms with Gasteiger partial charge in [0.25, 0.3) is 0 Å². The standard InChI is InChI=1S/C8H11N3OS/c1-6(12)13-4-2-3-7-5-8(9)11-10-7/h2-3,5H,4H2,1H3,(H3,9,10,11). The number of anilines is 1. The minimum atomic E-state index is 0.119. The van der Waals surface area contributed by atoms with E-state index in [1.807, 2.05) is 12.2 Å². The van der Waals surface area contributed by atoms with E-state index < -0.39 is 0 Å². The summed E-state index contributed by atoms with van der Waals surface area (Å²) in [4.78, 5) is 10.5. The largest absolute Gasteiger partial charge is 0.382 e. The summed E-state index contributed by atoms with van der Waals surface area (Å²) in [6, 6.07) is 1.73. The second-order valence-electron chi connectivity index (χ2n) is 2.45. The van der Waals surface area contributed by atoms with Crippen molar-refractivity contribution in [2.24, 2.45) is 0 Å². The maximum Gasteiger partial charge on any atom is 0.186 e. The molecule has 0 unspecified atom stereocenters. The Labute approximate surface area is 80.6 Å². The zero-order valence-electron chi connectivity index (χ0n) is 7.28. The number of aromatic nitrogens is 2. The van der Waals surface area contributed by atoms with Gasteiger partial charge in [0.2, 0.25) is 0 Å². The first-order chi connectivity index (χ1) is 6.18. The molecule has 0 amide bonds. The van der Waals surface area contributed by atoms with E-state index in [9.17, 15) is 4.79 Å². The minimum Gasteiger partial charge on any atom is -0.382 e. The fourth-order valence-electron chi connectivity index (χ4n) is 0.779. The van der Waals surface area contributed by atoms with Crippen LogP contribution < -0.4 is 5.73 Å². The summed E-state index contributed by atoms with van der Waals surface area (Å²) < 4.78 is 0. The summed E-state index contributed by atoms with van der Waals surface area (Å²) in [6.45, 7) is 1.55. The van der Waals surface area contributed by atoms with Gasteiger partial charge >= 0.3 is 0 Å². The van der Waals surface area contributed by atoms with Crippen molar-refractivity contribution in [1.29, 1.82) is 0 Å². The molecule has 0 aromatic carbocycles. The molecule has 70 valence electrons. The first kappa shape index (κ1) is 9.85. The zero-order valence-corrected chi connectivity index (χ0v) is 8.10. The molecule has 1 aromatic heterocycles. The first-order valence-corrected chi connectivity index (χ1v) is 4.78. The van der Waals surface area contributed by atoms with Gasteiger partial charge in [-0.15, -0.1) is 0 Å². The second kappa shape index (κ2) is 4.71. The highest BCUT2D eigenvalue weighted by atomic mass is 32.2. The molecule has 0 aliphatic carbocycles. The molecule has 0 aliphatic heterocycles. The molecule has 0 spiro atoms. The van der Waals surface area contributed by atoms with Crippen LogP contribution in [0.3, 0.4) is 0 Å². The lowest BCUT2D eigenvalue weighted by Crippen LogP contribution is -1.81. The molecular weight excluding hydrogens is 186 g/mol. The fraction of sp³-hybridized carbons (Fsp3) is 0.250. The molecular formula is C8H11N3OS. The van der Waals surface area contributed by atoms with Crippen LogP contribution in [0, 0.1) is 0 Å². The lowest BCUT2D eigenvalue weighted by molar-refractivity contribution is -0.109. The Morgan fingerprint density at radius 2 is 2.62 bits per heavy atom. The van der Waals surface area contributed by atoms with Gasteiger partial charge in [-0.05, 0) is 6.08 Å². The van der Waals surface area contributed by atoms with E-state index in [1.54, 1.807) is 13.0 Å². The second-order valence-corrected chi connectivity index (χ2v) is 3.65. The molecule has 0 radical (unpaired) electrons.